The first kappa shape index (κ1) is 30.9. The third-order valence-corrected chi connectivity index (χ3v) is 7.37. The molecule has 12 heteroatoms. The van der Waals surface area contributed by atoms with Crippen LogP contribution in [0.1, 0.15) is 55.3 Å². The summed E-state index contributed by atoms with van der Waals surface area (Å²) >= 11 is 0. The molecule has 0 spiro atoms. The van der Waals surface area contributed by atoms with Gasteiger partial charge in [0, 0.05) is 31.6 Å². The van der Waals surface area contributed by atoms with E-state index in [0.717, 1.165) is 32.4 Å². The van der Waals surface area contributed by atoms with Gasteiger partial charge in [-0.3, -0.25) is 19.2 Å². The van der Waals surface area contributed by atoms with Crippen molar-refractivity contribution >= 4 is 29.7 Å². The molecule has 0 aromatic heterocycles. The van der Waals surface area contributed by atoms with E-state index in [1.165, 1.54) is 31.4 Å². The first-order chi connectivity index (χ1) is 19.3. The highest BCUT2D eigenvalue weighted by Gasteiger charge is 2.30. The predicted molar refractivity (Wildman–Crippen MR) is 145 cm³/mol. The Kier molecular flexibility index (Phi) is 12.2. The lowest BCUT2D eigenvalue weighted by Crippen LogP contribution is -2.51. The van der Waals surface area contributed by atoms with Crippen LogP contribution in [0, 0.1) is 11.8 Å². The van der Waals surface area contributed by atoms with Gasteiger partial charge in [-0.1, -0.05) is 0 Å². The Bertz CT molecular complexity index is 1030. The lowest BCUT2D eigenvalue weighted by molar-refractivity contribution is -0.141. The first-order valence-corrected chi connectivity index (χ1v) is 13.9. The minimum absolute atomic E-state index is 0.0617. The van der Waals surface area contributed by atoms with Gasteiger partial charge >= 0.3 is 11.9 Å². The summed E-state index contributed by atoms with van der Waals surface area (Å²) in [5, 5.41) is 18.0. The van der Waals surface area contributed by atoms with E-state index in [0.29, 0.717) is 44.0 Å². The van der Waals surface area contributed by atoms with Crippen molar-refractivity contribution in [3.05, 3.63) is 29.8 Å². The molecule has 2 heterocycles. The number of likely N-dealkylation sites (tertiary alicyclic amines) is 1. The third kappa shape index (κ3) is 9.82. The molecule has 2 aliphatic rings. The summed E-state index contributed by atoms with van der Waals surface area (Å²) in [7, 11) is 1.29. The van der Waals surface area contributed by atoms with E-state index in [4.69, 9.17) is 4.74 Å². The molecule has 12 nitrogen and oxygen atoms in total. The van der Waals surface area contributed by atoms with Crippen LogP contribution in [0.2, 0.25) is 0 Å². The van der Waals surface area contributed by atoms with Crippen LogP contribution in [0.25, 0.3) is 0 Å². The molecular weight excluding hydrogens is 520 g/mol. The molecule has 2 atom stereocenters. The summed E-state index contributed by atoms with van der Waals surface area (Å²) in [6, 6.07) is 4.68. The topological polar surface area (TPSA) is 163 Å². The Morgan fingerprint density at radius 3 is 2.48 bits per heavy atom. The van der Waals surface area contributed by atoms with Crippen LogP contribution in [0.15, 0.2) is 24.3 Å². The predicted octanol–water partition coefficient (Wildman–Crippen LogP) is 0.946. The monoisotopic (exact) mass is 560 g/mol. The quantitative estimate of drug-likeness (QED) is 0.257. The van der Waals surface area contributed by atoms with Crippen molar-refractivity contribution < 1.29 is 38.6 Å². The zero-order valence-corrected chi connectivity index (χ0v) is 23.0. The van der Waals surface area contributed by atoms with Crippen LogP contribution in [-0.4, -0.2) is 92.1 Å². The van der Waals surface area contributed by atoms with Crippen molar-refractivity contribution in [2.24, 2.45) is 11.8 Å². The molecule has 2 aliphatic heterocycles. The number of hydrogen-bond acceptors (Lipinski definition) is 8. The number of nitrogens with zero attached hydrogens (tertiary/aromatic N) is 1. The Balaban J connectivity index is 1.44. The molecule has 220 valence electrons. The number of hydrogen-bond donors (Lipinski definition) is 4. The molecule has 4 N–H and O–H groups in total. The number of carboxylic acid groups (broad SMARTS) is 1. The average Bonchev–Trinajstić information content (AvgIpc) is 2.98. The highest BCUT2D eigenvalue weighted by molar-refractivity contribution is 5.96. The highest BCUT2D eigenvalue weighted by atomic mass is 16.5. The molecule has 0 aliphatic carbocycles. The molecule has 3 rings (SSSR count). The summed E-state index contributed by atoms with van der Waals surface area (Å²) < 4.78 is 9.96. The Labute approximate surface area is 234 Å². The van der Waals surface area contributed by atoms with Gasteiger partial charge in [-0.05, 0) is 75.4 Å². The minimum atomic E-state index is -1.33. The van der Waals surface area contributed by atoms with Gasteiger partial charge in [0.25, 0.3) is 5.91 Å². The van der Waals surface area contributed by atoms with Crippen molar-refractivity contribution in [2.45, 2.75) is 51.0 Å². The Hall–Kier alpha value is -3.67. The number of nitrogens with one attached hydrogen (secondary N) is 3. The molecule has 1 aromatic carbocycles. The number of piperidine rings is 2. The SMILES string of the molecule is COC(=O)CCOc1ccc(C(=O)N[C@H](CNC(=O)[C@@H]2CCCN(C(=O)CCC3CCNCC3)C2)C(=O)O)cc1. The maximum Gasteiger partial charge on any atom is 0.328 e. The van der Waals surface area contributed by atoms with Crippen LogP contribution in [-0.2, 0) is 23.9 Å². The average molecular weight is 561 g/mol. The Morgan fingerprint density at radius 2 is 1.80 bits per heavy atom. The van der Waals surface area contributed by atoms with Crippen LogP contribution in [0.3, 0.4) is 0 Å². The molecular formula is C28H40N4O8. The summed E-state index contributed by atoms with van der Waals surface area (Å²) in [6.45, 7) is 2.75. The lowest BCUT2D eigenvalue weighted by Gasteiger charge is -2.33. The third-order valence-electron chi connectivity index (χ3n) is 7.37. The Morgan fingerprint density at radius 1 is 1.07 bits per heavy atom. The van der Waals surface area contributed by atoms with Gasteiger partial charge in [0.15, 0.2) is 0 Å². The van der Waals surface area contributed by atoms with Crippen LogP contribution >= 0.6 is 0 Å². The second kappa shape index (κ2) is 15.8. The van der Waals surface area contributed by atoms with E-state index >= 15 is 0 Å². The number of methoxy groups -OCH3 is 1. The summed E-state index contributed by atoms with van der Waals surface area (Å²) in [5.74, 6) is -2.00. The minimum Gasteiger partial charge on any atom is -0.493 e. The summed E-state index contributed by atoms with van der Waals surface area (Å²) in [6.07, 6.45) is 4.90. The van der Waals surface area contributed by atoms with E-state index in [1.54, 1.807) is 4.90 Å². The maximum absolute atomic E-state index is 12.8. The number of carbonyl (C=O) groups is 5. The van der Waals surface area contributed by atoms with Gasteiger partial charge in [0.2, 0.25) is 11.8 Å². The summed E-state index contributed by atoms with van der Waals surface area (Å²) in [5.41, 5.74) is 0.212. The van der Waals surface area contributed by atoms with Crippen molar-refractivity contribution in [1.82, 2.24) is 20.9 Å². The van der Waals surface area contributed by atoms with E-state index in [-0.39, 0.29) is 37.0 Å². The molecule has 0 unspecified atom stereocenters. The second-order valence-electron chi connectivity index (χ2n) is 10.2. The van der Waals surface area contributed by atoms with Crippen molar-refractivity contribution in [1.29, 1.82) is 0 Å². The van der Waals surface area contributed by atoms with Gasteiger partial charge in [-0.15, -0.1) is 0 Å². The van der Waals surface area contributed by atoms with Crippen molar-refractivity contribution in [2.75, 3.05) is 46.4 Å². The van der Waals surface area contributed by atoms with E-state index < -0.39 is 29.8 Å². The van der Waals surface area contributed by atoms with E-state index in [2.05, 4.69) is 20.7 Å². The maximum atomic E-state index is 12.8. The van der Waals surface area contributed by atoms with Crippen LogP contribution in [0.5, 0.6) is 5.75 Å². The number of benzene rings is 1. The van der Waals surface area contributed by atoms with E-state index in [9.17, 15) is 29.1 Å². The van der Waals surface area contributed by atoms with E-state index in [1.807, 2.05) is 0 Å². The number of amides is 3. The lowest BCUT2D eigenvalue weighted by atomic mass is 9.92. The normalized spacial score (nSPS) is 18.3. The molecule has 1 aromatic rings. The first-order valence-electron chi connectivity index (χ1n) is 13.9. The second-order valence-corrected chi connectivity index (χ2v) is 10.2. The number of esters is 1. The molecule has 2 fully saturated rings. The fourth-order valence-corrected chi connectivity index (χ4v) is 4.92. The number of aliphatic carboxylic acids is 1. The zero-order valence-electron chi connectivity index (χ0n) is 23.0. The smallest absolute Gasteiger partial charge is 0.328 e. The van der Waals surface area contributed by atoms with Gasteiger partial charge in [0.05, 0.1) is 26.1 Å². The van der Waals surface area contributed by atoms with Crippen LogP contribution in [0.4, 0.5) is 0 Å². The largest absolute Gasteiger partial charge is 0.493 e. The number of carbonyl (C=O) groups excluding carboxylic acids is 4. The molecule has 0 radical (unpaired) electrons. The fourth-order valence-electron chi connectivity index (χ4n) is 4.92. The highest BCUT2D eigenvalue weighted by Crippen LogP contribution is 2.21. The van der Waals surface area contributed by atoms with Gasteiger partial charge in [0.1, 0.15) is 11.8 Å². The standard InChI is InChI=1S/C28H40N4O8/c1-39-25(34)12-16-40-22-7-5-20(6-8-22)27(36)31-23(28(37)38)17-30-26(35)21-3-2-15-32(18-21)24(33)9-4-19-10-13-29-14-11-19/h5-8,19,21,23,29H,2-4,9-18H2,1H3,(H,30,35)(H,31,36)(H,37,38)/t21-,23-/m1/s1. The fraction of sp³-hybridized carbons (Fsp3) is 0.607. The van der Waals surface area contributed by atoms with Gasteiger partial charge in [-0.25, -0.2) is 4.79 Å². The number of carboxylic acids is 1. The zero-order chi connectivity index (χ0) is 28.9. The van der Waals surface area contributed by atoms with Gasteiger partial charge in [-0.2, -0.15) is 0 Å². The molecule has 40 heavy (non-hydrogen) atoms. The van der Waals surface area contributed by atoms with Gasteiger partial charge < -0.3 is 35.4 Å². The number of rotatable bonds is 13. The molecule has 2 saturated heterocycles. The molecule has 0 saturated carbocycles. The number of ether oxygens (including phenoxy) is 2. The van der Waals surface area contributed by atoms with Crippen molar-refractivity contribution in [3.8, 4) is 5.75 Å². The molecule has 0 bridgehead atoms. The summed E-state index contributed by atoms with van der Waals surface area (Å²) in [4.78, 5) is 62.9. The van der Waals surface area contributed by atoms with Crippen LogP contribution < -0.4 is 20.7 Å². The van der Waals surface area contributed by atoms with Crippen molar-refractivity contribution in [3.63, 3.8) is 0 Å². The molecule has 3 amide bonds.